The molecule has 0 unspecified atom stereocenters. The Bertz CT molecular complexity index is 419. The summed E-state index contributed by atoms with van der Waals surface area (Å²) in [6.45, 7) is 3.57. The predicted octanol–water partition coefficient (Wildman–Crippen LogP) is 1.94. The maximum Gasteiger partial charge on any atom is 0.194 e. The van der Waals surface area contributed by atoms with Crippen LogP contribution < -0.4 is 16.4 Å². The number of hydrogen-bond acceptors (Lipinski definition) is 3. The molecule has 1 heterocycles. The molecule has 0 saturated carbocycles. The van der Waals surface area contributed by atoms with E-state index in [1.54, 1.807) is 12.4 Å². The van der Waals surface area contributed by atoms with E-state index in [0.717, 1.165) is 18.5 Å². The van der Waals surface area contributed by atoms with Gasteiger partial charge in [0.2, 0.25) is 0 Å². The number of aromatic nitrogens is 1. The van der Waals surface area contributed by atoms with E-state index in [2.05, 4.69) is 27.5 Å². The lowest BCUT2D eigenvalue weighted by Gasteiger charge is -2.09. The summed E-state index contributed by atoms with van der Waals surface area (Å²) < 4.78 is 0. The third-order valence-electron chi connectivity index (χ3n) is 2.74. The zero-order chi connectivity index (χ0) is 14.6. The van der Waals surface area contributed by atoms with Crippen LogP contribution in [0, 0.1) is 0 Å². The lowest BCUT2D eigenvalue weighted by molar-refractivity contribution is 0.674. The number of guanidine groups is 1. The van der Waals surface area contributed by atoms with Gasteiger partial charge < -0.3 is 16.4 Å². The highest BCUT2D eigenvalue weighted by molar-refractivity contribution is 7.80. The standard InChI is InChI=1S/C14H23N5S/c1-2-3-4-5-8-17-13(15)19-14(20)18-11-12-6-9-16-10-7-12/h6-7,9-10H,2-5,8,11H2,1H3,(H4,15,17,18,19,20). The summed E-state index contributed by atoms with van der Waals surface area (Å²) in [4.78, 5) is 8.20. The lowest BCUT2D eigenvalue weighted by Crippen LogP contribution is -2.43. The number of hydrogen-bond donors (Lipinski definition) is 3. The maximum atomic E-state index is 5.76. The zero-order valence-electron chi connectivity index (χ0n) is 11.9. The van der Waals surface area contributed by atoms with Crippen LogP contribution >= 0.6 is 12.2 Å². The predicted molar refractivity (Wildman–Crippen MR) is 87.4 cm³/mol. The van der Waals surface area contributed by atoms with Gasteiger partial charge in [0.05, 0.1) is 0 Å². The minimum Gasteiger partial charge on any atom is -0.370 e. The average Bonchev–Trinajstić information content (AvgIpc) is 2.46. The van der Waals surface area contributed by atoms with E-state index in [9.17, 15) is 0 Å². The Morgan fingerprint density at radius 3 is 2.75 bits per heavy atom. The molecule has 0 bridgehead atoms. The molecule has 0 amide bonds. The van der Waals surface area contributed by atoms with Crippen LogP contribution in [0.3, 0.4) is 0 Å². The third-order valence-corrected chi connectivity index (χ3v) is 2.98. The average molecular weight is 293 g/mol. The summed E-state index contributed by atoms with van der Waals surface area (Å²) >= 11 is 5.15. The largest absolute Gasteiger partial charge is 0.370 e. The van der Waals surface area contributed by atoms with Crippen molar-refractivity contribution in [3.63, 3.8) is 0 Å². The van der Waals surface area contributed by atoms with Gasteiger partial charge in [-0.1, -0.05) is 26.2 Å². The monoisotopic (exact) mass is 293 g/mol. The molecule has 0 radical (unpaired) electrons. The van der Waals surface area contributed by atoms with Gasteiger partial charge in [-0.2, -0.15) is 0 Å². The Morgan fingerprint density at radius 2 is 2.05 bits per heavy atom. The molecule has 0 saturated heterocycles. The summed E-state index contributed by atoms with van der Waals surface area (Å²) in [5, 5.41) is 6.43. The molecule has 0 atom stereocenters. The van der Waals surface area contributed by atoms with Crippen molar-refractivity contribution in [2.24, 2.45) is 10.7 Å². The zero-order valence-corrected chi connectivity index (χ0v) is 12.7. The van der Waals surface area contributed by atoms with Crippen molar-refractivity contribution < 1.29 is 0 Å². The molecule has 1 aromatic heterocycles. The molecule has 0 aromatic carbocycles. The molecule has 0 spiro atoms. The maximum absolute atomic E-state index is 5.76. The molecule has 0 aliphatic rings. The second-order valence-electron chi connectivity index (χ2n) is 4.49. The van der Waals surface area contributed by atoms with Gasteiger partial charge in [0, 0.05) is 25.5 Å². The van der Waals surface area contributed by atoms with Crippen LogP contribution in [0.25, 0.3) is 0 Å². The number of thiocarbonyl (C=S) groups is 1. The molecule has 6 heteroatoms. The first kappa shape index (κ1) is 16.4. The number of aliphatic imine (C=N–C) groups is 1. The second kappa shape index (κ2) is 10.1. The van der Waals surface area contributed by atoms with Crippen molar-refractivity contribution in [2.75, 3.05) is 6.54 Å². The van der Waals surface area contributed by atoms with Gasteiger partial charge in [-0.15, -0.1) is 0 Å². The minimum absolute atomic E-state index is 0.369. The highest BCUT2D eigenvalue weighted by Crippen LogP contribution is 1.98. The first-order valence-electron chi connectivity index (χ1n) is 6.96. The number of nitrogens with one attached hydrogen (secondary N) is 2. The summed E-state index contributed by atoms with van der Waals surface area (Å²) in [6.07, 6.45) is 8.22. The van der Waals surface area contributed by atoms with Crippen molar-refractivity contribution >= 4 is 23.3 Å². The number of nitrogens with zero attached hydrogens (tertiary/aromatic N) is 2. The van der Waals surface area contributed by atoms with Crippen molar-refractivity contribution in [1.82, 2.24) is 15.6 Å². The van der Waals surface area contributed by atoms with Crippen LogP contribution in [0.1, 0.15) is 38.2 Å². The second-order valence-corrected chi connectivity index (χ2v) is 4.90. The van der Waals surface area contributed by atoms with Crippen molar-refractivity contribution in [3.05, 3.63) is 30.1 Å². The third kappa shape index (κ3) is 7.68. The van der Waals surface area contributed by atoms with Gasteiger partial charge in [-0.25, -0.2) is 0 Å². The molecule has 0 aliphatic heterocycles. The first-order valence-corrected chi connectivity index (χ1v) is 7.37. The van der Waals surface area contributed by atoms with Gasteiger partial charge in [-0.05, 0) is 36.3 Å². The Morgan fingerprint density at radius 1 is 1.30 bits per heavy atom. The summed E-state index contributed by atoms with van der Waals surface area (Å²) in [7, 11) is 0. The van der Waals surface area contributed by atoms with Crippen molar-refractivity contribution in [2.45, 2.75) is 39.2 Å². The molecular formula is C14H23N5S. The fourth-order valence-electron chi connectivity index (χ4n) is 1.62. The van der Waals surface area contributed by atoms with Gasteiger partial charge in [-0.3, -0.25) is 9.98 Å². The Balaban J connectivity index is 2.19. The van der Waals surface area contributed by atoms with Gasteiger partial charge in [0.25, 0.3) is 0 Å². The van der Waals surface area contributed by atoms with Crippen molar-refractivity contribution in [3.8, 4) is 0 Å². The molecule has 110 valence electrons. The molecule has 0 fully saturated rings. The van der Waals surface area contributed by atoms with Gasteiger partial charge in [0.15, 0.2) is 11.1 Å². The van der Waals surface area contributed by atoms with E-state index in [1.165, 1.54) is 19.3 Å². The fourth-order valence-corrected chi connectivity index (χ4v) is 1.80. The minimum atomic E-state index is 0.369. The number of rotatable bonds is 7. The van der Waals surface area contributed by atoms with Gasteiger partial charge in [0.1, 0.15) is 0 Å². The molecule has 0 aliphatic carbocycles. The Hall–Kier alpha value is -1.69. The first-order chi connectivity index (χ1) is 9.72. The van der Waals surface area contributed by atoms with Crippen LogP contribution in [0.15, 0.2) is 29.5 Å². The van der Waals surface area contributed by atoms with E-state index >= 15 is 0 Å². The molecular weight excluding hydrogens is 270 g/mol. The Labute approximate surface area is 126 Å². The lowest BCUT2D eigenvalue weighted by atomic mass is 10.2. The number of unbranched alkanes of at least 4 members (excludes halogenated alkanes) is 3. The van der Waals surface area contributed by atoms with E-state index in [-0.39, 0.29) is 0 Å². The van der Waals surface area contributed by atoms with Crippen LogP contribution in [0.4, 0.5) is 0 Å². The number of nitrogens with two attached hydrogens (primary N) is 1. The van der Waals surface area contributed by atoms with Crippen LogP contribution in [0.5, 0.6) is 0 Å². The van der Waals surface area contributed by atoms with E-state index in [0.29, 0.717) is 17.6 Å². The van der Waals surface area contributed by atoms with E-state index in [4.69, 9.17) is 18.0 Å². The topological polar surface area (TPSA) is 75.3 Å². The SMILES string of the molecule is CCCCCCN=C(N)NC(=S)NCc1ccncc1. The fraction of sp³-hybridized carbons (Fsp3) is 0.500. The number of pyridine rings is 1. The normalized spacial score (nSPS) is 11.2. The smallest absolute Gasteiger partial charge is 0.194 e. The highest BCUT2D eigenvalue weighted by Gasteiger charge is 1.98. The quantitative estimate of drug-likeness (QED) is 0.310. The molecule has 1 aromatic rings. The summed E-state index contributed by atoms with van der Waals surface area (Å²) in [6, 6.07) is 3.86. The van der Waals surface area contributed by atoms with Crippen LogP contribution in [-0.2, 0) is 6.54 Å². The van der Waals surface area contributed by atoms with E-state index in [1.807, 2.05) is 12.1 Å². The molecule has 20 heavy (non-hydrogen) atoms. The summed E-state index contributed by atoms with van der Waals surface area (Å²) in [5.74, 6) is 0.369. The molecule has 1 rings (SSSR count). The Kier molecular flexibility index (Phi) is 8.30. The molecule has 4 N–H and O–H groups in total. The molecule has 5 nitrogen and oxygen atoms in total. The summed E-state index contributed by atoms with van der Waals surface area (Å²) in [5.41, 5.74) is 6.87. The highest BCUT2D eigenvalue weighted by atomic mass is 32.1. The van der Waals surface area contributed by atoms with Crippen molar-refractivity contribution in [1.29, 1.82) is 0 Å². The van der Waals surface area contributed by atoms with Crippen LogP contribution in [0.2, 0.25) is 0 Å². The van der Waals surface area contributed by atoms with Gasteiger partial charge >= 0.3 is 0 Å². The van der Waals surface area contributed by atoms with E-state index < -0.39 is 0 Å². The van der Waals surface area contributed by atoms with Crippen LogP contribution in [-0.4, -0.2) is 22.6 Å².